The quantitative estimate of drug-likeness (QED) is 0.918. The Morgan fingerprint density at radius 2 is 1.90 bits per heavy atom. The fourth-order valence-corrected chi connectivity index (χ4v) is 3.75. The van der Waals surface area contributed by atoms with E-state index in [4.69, 9.17) is 4.74 Å². The third-order valence-electron chi connectivity index (χ3n) is 5.04. The number of rotatable bonds is 2. The molecular formula is C18H17NO2. The smallest absolute Gasteiger partial charge is 0.251 e. The number of amides is 1. The van der Waals surface area contributed by atoms with Crippen LogP contribution in [0, 0.1) is 0 Å². The average Bonchev–Trinajstić information content (AvgIpc) is 3.14. The van der Waals surface area contributed by atoms with Crippen molar-refractivity contribution in [1.29, 1.82) is 0 Å². The molecule has 0 radical (unpaired) electrons. The van der Waals surface area contributed by atoms with Gasteiger partial charge in [0.05, 0.1) is 7.11 Å². The van der Waals surface area contributed by atoms with Crippen LogP contribution in [0.4, 0.5) is 0 Å². The minimum absolute atomic E-state index is 0.00445. The van der Waals surface area contributed by atoms with E-state index in [1.165, 1.54) is 5.56 Å². The third-order valence-corrected chi connectivity index (χ3v) is 5.04. The lowest BCUT2D eigenvalue weighted by Crippen LogP contribution is -2.33. The van der Waals surface area contributed by atoms with Crippen molar-refractivity contribution >= 4 is 5.91 Å². The Morgan fingerprint density at radius 3 is 2.62 bits per heavy atom. The Kier molecular flexibility index (Phi) is 2.43. The van der Waals surface area contributed by atoms with Gasteiger partial charge in [0.25, 0.3) is 5.91 Å². The van der Waals surface area contributed by atoms with Crippen molar-refractivity contribution in [3.8, 4) is 5.75 Å². The number of hydrogen-bond donors (Lipinski definition) is 1. The zero-order valence-corrected chi connectivity index (χ0v) is 12.1. The summed E-state index contributed by atoms with van der Waals surface area (Å²) < 4.78 is 5.23. The molecule has 21 heavy (non-hydrogen) atoms. The third kappa shape index (κ3) is 1.57. The van der Waals surface area contributed by atoms with Gasteiger partial charge in [-0.05, 0) is 23.3 Å². The van der Waals surface area contributed by atoms with Gasteiger partial charge in [0.2, 0.25) is 0 Å². The molecule has 2 aliphatic rings. The Balaban J connectivity index is 1.81. The first-order valence-corrected chi connectivity index (χ1v) is 7.20. The monoisotopic (exact) mass is 279 g/mol. The zero-order valence-electron chi connectivity index (χ0n) is 12.1. The summed E-state index contributed by atoms with van der Waals surface area (Å²) in [5, 5.41) is 3.16. The second-order valence-electron chi connectivity index (χ2n) is 6.03. The van der Waals surface area contributed by atoms with Crippen molar-refractivity contribution in [2.24, 2.45) is 0 Å². The van der Waals surface area contributed by atoms with Crippen molar-refractivity contribution in [2.75, 3.05) is 7.11 Å². The highest BCUT2D eigenvalue weighted by Gasteiger charge is 2.65. The van der Waals surface area contributed by atoms with Crippen LogP contribution in [0.5, 0.6) is 5.75 Å². The maximum Gasteiger partial charge on any atom is 0.251 e. The van der Waals surface area contributed by atoms with Crippen LogP contribution in [-0.4, -0.2) is 19.1 Å². The summed E-state index contributed by atoms with van der Waals surface area (Å²) in [6.07, 6.45) is 0. The van der Waals surface area contributed by atoms with Crippen molar-refractivity contribution in [3.05, 3.63) is 65.2 Å². The molecule has 0 unspecified atom stereocenters. The van der Waals surface area contributed by atoms with Gasteiger partial charge in [0, 0.05) is 22.9 Å². The second kappa shape index (κ2) is 4.10. The van der Waals surface area contributed by atoms with Crippen LogP contribution in [0.3, 0.4) is 0 Å². The molecule has 2 aromatic carbocycles. The number of nitrogens with one attached hydrogen (secondary N) is 1. The molecule has 3 atom stereocenters. The van der Waals surface area contributed by atoms with Gasteiger partial charge in [-0.1, -0.05) is 43.3 Å². The van der Waals surface area contributed by atoms with Crippen LogP contribution >= 0.6 is 0 Å². The van der Waals surface area contributed by atoms with Gasteiger partial charge >= 0.3 is 0 Å². The number of benzene rings is 2. The van der Waals surface area contributed by atoms with Crippen molar-refractivity contribution in [1.82, 2.24) is 5.32 Å². The first kappa shape index (κ1) is 12.5. The number of carbonyl (C=O) groups is 1. The zero-order chi connectivity index (χ0) is 14.6. The summed E-state index contributed by atoms with van der Waals surface area (Å²) in [5.74, 6) is 1.08. The lowest BCUT2D eigenvalue weighted by molar-refractivity contribution is 0.0941. The Hall–Kier alpha value is -2.29. The van der Waals surface area contributed by atoms with Gasteiger partial charge in [-0.3, -0.25) is 4.79 Å². The molecule has 3 heteroatoms. The largest absolute Gasteiger partial charge is 0.497 e. The van der Waals surface area contributed by atoms with E-state index in [0.29, 0.717) is 5.92 Å². The first-order valence-electron chi connectivity index (χ1n) is 7.20. The number of carbonyl (C=O) groups excluding carboxylic acids is 1. The summed E-state index contributed by atoms with van der Waals surface area (Å²) in [6.45, 7) is 2.23. The van der Waals surface area contributed by atoms with Crippen molar-refractivity contribution in [3.63, 3.8) is 0 Å². The fraction of sp³-hybridized carbons (Fsp3) is 0.278. The van der Waals surface area contributed by atoms with Gasteiger partial charge in [-0.15, -0.1) is 0 Å². The van der Waals surface area contributed by atoms with Crippen LogP contribution in [0.25, 0.3) is 0 Å². The normalized spacial score (nSPS) is 29.1. The molecule has 0 aromatic heterocycles. The minimum Gasteiger partial charge on any atom is -0.497 e. The number of methoxy groups -OCH3 is 1. The Morgan fingerprint density at radius 1 is 1.14 bits per heavy atom. The molecule has 2 aromatic rings. The molecule has 1 aliphatic heterocycles. The lowest BCUT2D eigenvalue weighted by atomic mass is 9.91. The number of fused-ring (bicyclic) bond motifs is 3. The average molecular weight is 279 g/mol. The molecule has 1 N–H and O–H groups in total. The van der Waals surface area contributed by atoms with Crippen LogP contribution in [0.2, 0.25) is 0 Å². The van der Waals surface area contributed by atoms with Crippen LogP contribution in [-0.2, 0) is 5.41 Å². The van der Waals surface area contributed by atoms with E-state index in [9.17, 15) is 4.79 Å². The van der Waals surface area contributed by atoms with E-state index in [1.807, 2.05) is 24.3 Å². The van der Waals surface area contributed by atoms with Gasteiger partial charge < -0.3 is 10.1 Å². The standard InChI is InChI=1S/C18H17NO2/c1-18(11-6-4-3-5-7-11)15-13-9-8-12(21-2)10-14(13)17(20)19-16(15)18/h3-10,15-16H,1-2H3,(H,19,20)/t15-,16+,18+/m1/s1. The molecule has 0 bridgehead atoms. The maximum atomic E-state index is 12.3. The van der Waals surface area contributed by atoms with Crippen molar-refractivity contribution in [2.45, 2.75) is 24.3 Å². The molecule has 4 rings (SSSR count). The molecule has 1 saturated carbocycles. The van der Waals surface area contributed by atoms with E-state index in [-0.39, 0.29) is 17.4 Å². The highest BCUT2D eigenvalue weighted by Crippen LogP contribution is 2.62. The summed E-state index contributed by atoms with van der Waals surface area (Å²) in [7, 11) is 1.62. The lowest BCUT2D eigenvalue weighted by Gasteiger charge is -2.15. The van der Waals surface area contributed by atoms with Gasteiger partial charge in [0.15, 0.2) is 0 Å². The minimum atomic E-state index is -0.0171. The van der Waals surface area contributed by atoms with E-state index in [1.54, 1.807) is 7.11 Å². The molecule has 1 heterocycles. The second-order valence-corrected chi connectivity index (χ2v) is 6.03. The van der Waals surface area contributed by atoms with Crippen LogP contribution in [0.1, 0.15) is 34.3 Å². The fourth-order valence-electron chi connectivity index (χ4n) is 3.75. The van der Waals surface area contributed by atoms with Crippen LogP contribution < -0.4 is 10.1 Å². The molecule has 0 spiro atoms. The molecule has 0 saturated heterocycles. The predicted molar refractivity (Wildman–Crippen MR) is 80.8 cm³/mol. The van der Waals surface area contributed by atoms with E-state index < -0.39 is 0 Å². The van der Waals surface area contributed by atoms with Gasteiger partial charge in [0.1, 0.15) is 5.75 Å². The predicted octanol–water partition coefficient (Wildman–Crippen LogP) is 2.86. The first-order chi connectivity index (χ1) is 10.2. The highest BCUT2D eigenvalue weighted by molar-refractivity contribution is 5.99. The van der Waals surface area contributed by atoms with E-state index in [2.05, 4.69) is 36.5 Å². The summed E-state index contributed by atoms with van der Waals surface area (Å²) in [4.78, 5) is 12.3. The van der Waals surface area contributed by atoms with Gasteiger partial charge in [-0.25, -0.2) is 0 Å². The van der Waals surface area contributed by atoms with Crippen molar-refractivity contribution < 1.29 is 9.53 Å². The van der Waals surface area contributed by atoms with E-state index >= 15 is 0 Å². The molecule has 1 amide bonds. The summed E-state index contributed by atoms with van der Waals surface area (Å²) >= 11 is 0. The molecule has 1 aliphatic carbocycles. The molecular weight excluding hydrogens is 262 g/mol. The summed E-state index contributed by atoms with van der Waals surface area (Å²) in [5.41, 5.74) is 3.15. The van der Waals surface area contributed by atoms with Gasteiger partial charge in [-0.2, -0.15) is 0 Å². The van der Waals surface area contributed by atoms with E-state index in [0.717, 1.165) is 16.9 Å². The molecule has 3 nitrogen and oxygen atoms in total. The number of ether oxygens (including phenoxy) is 1. The molecule has 1 fully saturated rings. The van der Waals surface area contributed by atoms with Crippen LogP contribution in [0.15, 0.2) is 48.5 Å². The summed E-state index contributed by atoms with van der Waals surface area (Å²) in [6, 6.07) is 16.4. The Labute approximate surface area is 123 Å². The topological polar surface area (TPSA) is 38.3 Å². The Bertz CT molecular complexity index is 725. The SMILES string of the molecule is COc1ccc2c(c1)C(=O)N[C@H]1[C@@H]2[C@]1(C)c1ccccc1. The number of hydrogen-bond acceptors (Lipinski definition) is 2. The molecule has 106 valence electrons. The maximum absolute atomic E-state index is 12.3. The highest BCUT2D eigenvalue weighted by atomic mass is 16.5.